The lowest BCUT2D eigenvalue weighted by molar-refractivity contribution is 0.413. The second-order valence-electron chi connectivity index (χ2n) is 6.58. The van der Waals surface area contributed by atoms with Crippen LogP contribution in [-0.2, 0) is 0 Å². The van der Waals surface area contributed by atoms with Crippen molar-refractivity contribution in [3.63, 3.8) is 0 Å². The van der Waals surface area contributed by atoms with Crippen molar-refractivity contribution in [3.05, 3.63) is 55.1 Å². The molecule has 0 unspecified atom stereocenters. The maximum Gasteiger partial charge on any atom is 0.163 e. The predicted molar refractivity (Wildman–Crippen MR) is 102 cm³/mol. The molecule has 1 saturated heterocycles. The van der Waals surface area contributed by atoms with Gasteiger partial charge in [0.25, 0.3) is 0 Å². The molecule has 0 amide bonds. The molecular formula is C20H22N6. The molecule has 3 aromatic heterocycles. The molecule has 0 radical (unpaired) electrons. The van der Waals surface area contributed by atoms with Crippen molar-refractivity contribution in [2.75, 3.05) is 24.5 Å². The van der Waals surface area contributed by atoms with Gasteiger partial charge in [-0.1, -0.05) is 0 Å². The Morgan fingerprint density at radius 2 is 1.77 bits per heavy atom. The number of rotatable bonds is 4. The summed E-state index contributed by atoms with van der Waals surface area (Å²) >= 11 is 0. The average molecular weight is 346 g/mol. The Kier molecular flexibility index (Phi) is 4.84. The van der Waals surface area contributed by atoms with E-state index in [1.165, 1.54) is 0 Å². The Balaban J connectivity index is 1.74. The van der Waals surface area contributed by atoms with E-state index in [0.717, 1.165) is 55.1 Å². The van der Waals surface area contributed by atoms with Crippen molar-refractivity contribution < 1.29 is 0 Å². The van der Waals surface area contributed by atoms with Gasteiger partial charge in [-0.15, -0.1) is 0 Å². The summed E-state index contributed by atoms with van der Waals surface area (Å²) < 4.78 is 0. The third-order valence-corrected chi connectivity index (χ3v) is 4.88. The summed E-state index contributed by atoms with van der Waals surface area (Å²) in [6.07, 6.45) is 9.34. The first-order valence-corrected chi connectivity index (χ1v) is 8.98. The van der Waals surface area contributed by atoms with Crippen LogP contribution in [-0.4, -0.2) is 39.6 Å². The van der Waals surface area contributed by atoms with Gasteiger partial charge in [-0.05, 0) is 49.6 Å². The molecule has 1 aliphatic heterocycles. The largest absolute Gasteiger partial charge is 0.356 e. The first-order chi connectivity index (χ1) is 12.8. The van der Waals surface area contributed by atoms with Gasteiger partial charge in [-0.2, -0.15) is 0 Å². The molecule has 26 heavy (non-hydrogen) atoms. The van der Waals surface area contributed by atoms with Crippen LogP contribution in [0.25, 0.3) is 22.6 Å². The fourth-order valence-electron chi connectivity index (χ4n) is 3.29. The number of hydrogen-bond acceptors (Lipinski definition) is 6. The number of nitrogens with zero attached hydrogens (tertiary/aromatic N) is 5. The Morgan fingerprint density at radius 3 is 2.46 bits per heavy atom. The molecule has 132 valence electrons. The highest BCUT2D eigenvalue weighted by atomic mass is 15.2. The van der Waals surface area contributed by atoms with Gasteiger partial charge in [0.05, 0.1) is 5.69 Å². The molecule has 0 saturated carbocycles. The van der Waals surface area contributed by atoms with E-state index in [-0.39, 0.29) is 0 Å². The minimum atomic E-state index is 0.616. The number of aromatic nitrogens is 4. The lowest BCUT2D eigenvalue weighted by atomic mass is 9.97. The maximum absolute atomic E-state index is 5.83. The molecule has 2 N–H and O–H groups in total. The van der Waals surface area contributed by atoms with E-state index in [2.05, 4.69) is 20.9 Å². The lowest BCUT2D eigenvalue weighted by Crippen LogP contribution is -2.36. The normalized spacial score (nSPS) is 15.2. The number of anilines is 1. The van der Waals surface area contributed by atoms with Gasteiger partial charge in [0, 0.05) is 55.1 Å². The highest BCUT2D eigenvalue weighted by Gasteiger charge is 2.20. The summed E-state index contributed by atoms with van der Waals surface area (Å²) in [6, 6.07) is 9.91. The molecule has 3 aromatic rings. The number of pyridine rings is 2. The second kappa shape index (κ2) is 7.58. The van der Waals surface area contributed by atoms with E-state index >= 15 is 0 Å². The predicted octanol–water partition coefficient (Wildman–Crippen LogP) is 2.78. The first kappa shape index (κ1) is 16.6. The highest BCUT2D eigenvalue weighted by molar-refractivity contribution is 5.67. The van der Waals surface area contributed by atoms with E-state index in [1.54, 1.807) is 24.8 Å². The van der Waals surface area contributed by atoms with Crippen molar-refractivity contribution in [2.45, 2.75) is 12.8 Å². The molecule has 0 aliphatic carbocycles. The summed E-state index contributed by atoms with van der Waals surface area (Å²) in [7, 11) is 0. The fraction of sp³-hybridized carbons (Fsp3) is 0.300. The zero-order valence-electron chi connectivity index (χ0n) is 14.6. The molecule has 6 nitrogen and oxygen atoms in total. The highest BCUT2D eigenvalue weighted by Crippen LogP contribution is 2.28. The van der Waals surface area contributed by atoms with Crippen molar-refractivity contribution in [3.8, 4) is 22.6 Å². The van der Waals surface area contributed by atoms with E-state index < -0.39 is 0 Å². The molecule has 0 spiro atoms. The van der Waals surface area contributed by atoms with Crippen LogP contribution in [0.5, 0.6) is 0 Å². The first-order valence-electron chi connectivity index (χ1n) is 8.98. The van der Waals surface area contributed by atoms with Crippen molar-refractivity contribution >= 4 is 5.82 Å². The van der Waals surface area contributed by atoms with Gasteiger partial charge in [-0.3, -0.25) is 9.97 Å². The van der Waals surface area contributed by atoms with Crippen molar-refractivity contribution in [2.24, 2.45) is 11.7 Å². The third-order valence-electron chi connectivity index (χ3n) is 4.88. The van der Waals surface area contributed by atoms with Gasteiger partial charge in [-0.25, -0.2) is 9.97 Å². The van der Waals surface area contributed by atoms with Crippen LogP contribution >= 0.6 is 0 Å². The van der Waals surface area contributed by atoms with E-state index in [1.807, 2.05) is 24.3 Å². The van der Waals surface area contributed by atoms with Crippen LogP contribution in [0.2, 0.25) is 0 Å². The molecule has 0 atom stereocenters. The van der Waals surface area contributed by atoms with Gasteiger partial charge >= 0.3 is 0 Å². The van der Waals surface area contributed by atoms with Crippen LogP contribution in [0, 0.1) is 5.92 Å². The van der Waals surface area contributed by atoms with Crippen molar-refractivity contribution in [1.82, 2.24) is 19.9 Å². The molecule has 4 heterocycles. The van der Waals surface area contributed by atoms with E-state index in [0.29, 0.717) is 11.7 Å². The SMILES string of the molecule is NCC1CCN(c2cc(-c3ccncc3)nc(-c3cccnc3)n2)CC1. The summed E-state index contributed by atoms with van der Waals surface area (Å²) in [5.41, 5.74) is 8.68. The Labute approximate surface area is 153 Å². The third kappa shape index (κ3) is 3.55. The number of hydrogen-bond donors (Lipinski definition) is 1. The summed E-state index contributed by atoms with van der Waals surface area (Å²) in [5.74, 6) is 2.27. The zero-order valence-corrected chi connectivity index (χ0v) is 14.6. The molecular weight excluding hydrogens is 324 g/mol. The molecule has 1 fully saturated rings. The number of nitrogens with two attached hydrogens (primary N) is 1. The Morgan fingerprint density at radius 1 is 0.962 bits per heavy atom. The molecule has 0 bridgehead atoms. The molecule has 1 aliphatic rings. The van der Waals surface area contributed by atoms with Gasteiger partial charge < -0.3 is 10.6 Å². The average Bonchev–Trinajstić information content (AvgIpc) is 2.75. The summed E-state index contributed by atoms with van der Waals surface area (Å²) in [6.45, 7) is 2.71. The van der Waals surface area contributed by atoms with E-state index in [9.17, 15) is 0 Å². The fourth-order valence-corrected chi connectivity index (χ4v) is 3.29. The standard InChI is InChI=1S/C20H22N6/c21-13-15-5-10-26(11-6-15)19-12-18(16-3-8-22-9-4-16)24-20(25-19)17-2-1-7-23-14-17/h1-4,7-9,12,14-15H,5-6,10-11,13,21H2. The minimum absolute atomic E-state index is 0.616. The topological polar surface area (TPSA) is 80.8 Å². The quantitative estimate of drug-likeness (QED) is 0.782. The Hall–Kier alpha value is -2.86. The van der Waals surface area contributed by atoms with Crippen LogP contribution in [0.3, 0.4) is 0 Å². The van der Waals surface area contributed by atoms with Crippen molar-refractivity contribution in [1.29, 1.82) is 0 Å². The maximum atomic E-state index is 5.83. The Bertz CT molecular complexity index is 787. The second-order valence-corrected chi connectivity index (χ2v) is 6.58. The van der Waals surface area contributed by atoms with Crippen LogP contribution in [0.1, 0.15) is 12.8 Å². The molecule has 0 aromatic carbocycles. The molecule has 6 heteroatoms. The monoisotopic (exact) mass is 346 g/mol. The number of piperidine rings is 1. The summed E-state index contributed by atoms with van der Waals surface area (Å²) in [4.78, 5) is 20.3. The summed E-state index contributed by atoms with van der Waals surface area (Å²) in [5, 5.41) is 0. The zero-order chi connectivity index (χ0) is 17.8. The minimum Gasteiger partial charge on any atom is -0.356 e. The van der Waals surface area contributed by atoms with Gasteiger partial charge in [0.15, 0.2) is 5.82 Å². The van der Waals surface area contributed by atoms with Crippen LogP contribution in [0.4, 0.5) is 5.82 Å². The van der Waals surface area contributed by atoms with Crippen LogP contribution < -0.4 is 10.6 Å². The van der Waals surface area contributed by atoms with Crippen LogP contribution in [0.15, 0.2) is 55.1 Å². The smallest absolute Gasteiger partial charge is 0.163 e. The van der Waals surface area contributed by atoms with Gasteiger partial charge in [0.1, 0.15) is 5.82 Å². The van der Waals surface area contributed by atoms with Gasteiger partial charge in [0.2, 0.25) is 0 Å². The van der Waals surface area contributed by atoms with E-state index in [4.69, 9.17) is 15.7 Å². The lowest BCUT2D eigenvalue weighted by Gasteiger charge is -2.32. The molecule has 4 rings (SSSR count).